The van der Waals surface area contributed by atoms with Crippen LogP contribution in [0.3, 0.4) is 0 Å². The van der Waals surface area contributed by atoms with Crippen LogP contribution in [0, 0.1) is 6.92 Å². The summed E-state index contributed by atoms with van der Waals surface area (Å²) in [5, 5.41) is 18.3. The fourth-order valence-electron chi connectivity index (χ4n) is 2.17. The normalized spacial score (nSPS) is 18.6. The van der Waals surface area contributed by atoms with E-state index in [4.69, 9.17) is 9.84 Å². The van der Waals surface area contributed by atoms with Crippen LogP contribution in [0.2, 0.25) is 0 Å². The van der Waals surface area contributed by atoms with Crippen molar-refractivity contribution in [3.8, 4) is 5.75 Å². The van der Waals surface area contributed by atoms with E-state index in [0.29, 0.717) is 5.56 Å². The van der Waals surface area contributed by atoms with Crippen molar-refractivity contribution in [2.75, 3.05) is 6.61 Å². The second-order valence-electron chi connectivity index (χ2n) is 4.35. The summed E-state index contributed by atoms with van der Waals surface area (Å²) >= 11 is 0. The third-order valence-corrected chi connectivity index (χ3v) is 3.05. The fourth-order valence-corrected chi connectivity index (χ4v) is 2.17. The van der Waals surface area contributed by atoms with Crippen molar-refractivity contribution in [2.24, 2.45) is 0 Å². The van der Waals surface area contributed by atoms with Crippen LogP contribution in [0.1, 0.15) is 11.1 Å². The Labute approximate surface area is 112 Å². The molecule has 0 saturated carbocycles. The zero-order valence-corrected chi connectivity index (χ0v) is 10.4. The lowest BCUT2D eigenvalue weighted by atomic mass is 9.91. The third kappa shape index (κ3) is 2.24. The molecular formula is C13H11F3O4. The maximum atomic E-state index is 13.0. The number of ether oxygens (including phenoxy) is 1. The van der Waals surface area contributed by atoms with Crippen LogP contribution in [-0.2, 0) is 4.79 Å². The number of para-hydroxylation sites is 1. The van der Waals surface area contributed by atoms with E-state index in [2.05, 4.69) is 0 Å². The molecule has 0 saturated heterocycles. The molecule has 1 aromatic rings. The summed E-state index contributed by atoms with van der Waals surface area (Å²) in [4.78, 5) is 11.1. The molecule has 1 unspecified atom stereocenters. The first-order chi connectivity index (χ1) is 9.27. The number of hydrogen-bond donors (Lipinski definition) is 2. The summed E-state index contributed by atoms with van der Waals surface area (Å²) in [6.07, 6.45) is -7.47. The summed E-state index contributed by atoms with van der Waals surface area (Å²) in [6, 6.07) is 4.52. The van der Waals surface area contributed by atoms with Crippen molar-refractivity contribution in [2.45, 2.75) is 19.2 Å². The van der Waals surface area contributed by atoms with E-state index in [-0.39, 0.29) is 16.9 Å². The van der Waals surface area contributed by atoms with E-state index in [1.165, 1.54) is 6.07 Å². The summed E-state index contributed by atoms with van der Waals surface area (Å²) in [5.74, 6) is -1.81. The van der Waals surface area contributed by atoms with Crippen LogP contribution in [0.5, 0.6) is 5.75 Å². The first-order valence-corrected chi connectivity index (χ1v) is 5.68. The van der Waals surface area contributed by atoms with Crippen LogP contribution in [0.15, 0.2) is 23.8 Å². The lowest BCUT2D eigenvalue weighted by Gasteiger charge is -2.31. The zero-order chi connectivity index (χ0) is 15.1. The van der Waals surface area contributed by atoms with Crippen molar-refractivity contribution < 1.29 is 32.9 Å². The van der Waals surface area contributed by atoms with Gasteiger partial charge in [0.15, 0.2) is 0 Å². The Morgan fingerprint density at radius 1 is 1.40 bits per heavy atom. The van der Waals surface area contributed by atoms with E-state index in [0.717, 1.165) is 0 Å². The number of benzene rings is 1. The van der Waals surface area contributed by atoms with E-state index >= 15 is 0 Å². The van der Waals surface area contributed by atoms with Crippen LogP contribution >= 0.6 is 0 Å². The number of alkyl halides is 3. The largest absolute Gasteiger partial charge is 0.478 e. The quantitative estimate of drug-likeness (QED) is 0.875. The first kappa shape index (κ1) is 14.4. The highest BCUT2D eigenvalue weighted by Gasteiger charge is 2.50. The molecular weight excluding hydrogens is 277 g/mol. The highest BCUT2D eigenvalue weighted by molar-refractivity contribution is 5.99. The Hall–Kier alpha value is -2.02. The van der Waals surface area contributed by atoms with Gasteiger partial charge in [0.1, 0.15) is 5.75 Å². The van der Waals surface area contributed by atoms with Gasteiger partial charge in [-0.1, -0.05) is 18.2 Å². The number of carbonyl (C=O) groups is 1. The van der Waals surface area contributed by atoms with Gasteiger partial charge in [0.2, 0.25) is 6.10 Å². The number of carboxylic acid groups (broad SMARTS) is 1. The lowest BCUT2D eigenvalue weighted by molar-refractivity contribution is -0.187. The van der Waals surface area contributed by atoms with Gasteiger partial charge >= 0.3 is 12.1 Å². The highest BCUT2D eigenvalue weighted by Crippen LogP contribution is 2.42. The Morgan fingerprint density at radius 2 is 2.05 bits per heavy atom. The molecule has 0 aliphatic carbocycles. The molecule has 0 fully saturated rings. The number of fused-ring (bicyclic) bond motifs is 1. The van der Waals surface area contributed by atoms with Crippen LogP contribution < -0.4 is 4.74 Å². The molecule has 0 radical (unpaired) electrons. The second kappa shape index (κ2) is 4.82. The van der Waals surface area contributed by atoms with Crippen molar-refractivity contribution >= 4 is 11.5 Å². The molecule has 0 spiro atoms. The monoisotopic (exact) mass is 288 g/mol. The summed E-state index contributed by atoms with van der Waals surface area (Å²) in [6.45, 7) is 0.737. The molecule has 1 atom stereocenters. The van der Waals surface area contributed by atoms with Crippen molar-refractivity contribution in [3.63, 3.8) is 0 Å². The number of aliphatic hydroxyl groups is 1. The van der Waals surface area contributed by atoms with Crippen LogP contribution in [0.4, 0.5) is 13.2 Å². The maximum Gasteiger partial charge on any atom is 0.430 e. The smallest absolute Gasteiger partial charge is 0.430 e. The topological polar surface area (TPSA) is 66.8 Å². The van der Waals surface area contributed by atoms with E-state index in [1.54, 1.807) is 19.1 Å². The summed E-state index contributed by atoms with van der Waals surface area (Å²) in [7, 11) is 0. The van der Waals surface area contributed by atoms with E-state index in [9.17, 15) is 23.1 Å². The average Bonchev–Trinajstić information content (AvgIpc) is 2.35. The molecule has 20 heavy (non-hydrogen) atoms. The molecule has 2 rings (SSSR count). The number of halogens is 3. The van der Waals surface area contributed by atoms with Gasteiger partial charge in [-0.2, -0.15) is 13.2 Å². The third-order valence-electron chi connectivity index (χ3n) is 3.05. The number of rotatable bonds is 2. The molecule has 0 amide bonds. The standard InChI is InChI=1S/C13H11F3O4/c1-6-3-2-4-7-8(5-17)9(12(18)19)11(13(14,15)16)20-10(6)7/h2-4,11,17H,5H2,1H3,(H,18,19). The van der Waals surface area contributed by atoms with Gasteiger partial charge in [-0.25, -0.2) is 4.79 Å². The Morgan fingerprint density at radius 3 is 2.55 bits per heavy atom. The van der Waals surface area contributed by atoms with E-state index < -0.39 is 30.4 Å². The average molecular weight is 288 g/mol. The molecule has 0 aromatic heterocycles. The molecule has 1 aromatic carbocycles. The summed E-state index contributed by atoms with van der Waals surface area (Å²) < 4.78 is 43.8. The second-order valence-corrected chi connectivity index (χ2v) is 4.35. The molecule has 1 heterocycles. The highest BCUT2D eigenvalue weighted by atomic mass is 19.4. The molecule has 2 N–H and O–H groups in total. The Balaban J connectivity index is 2.74. The van der Waals surface area contributed by atoms with Crippen LogP contribution in [-0.4, -0.2) is 35.1 Å². The van der Waals surface area contributed by atoms with Gasteiger partial charge in [-0.3, -0.25) is 0 Å². The van der Waals surface area contributed by atoms with Gasteiger partial charge in [-0.15, -0.1) is 0 Å². The van der Waals surface area contributed by atoms with Gasteiger partial charge in [0, 0.05) is 11.1 Å². The lowest BCUT2D eigenvalue weighted by Crippen LogP contribution is -2.42. The summed E-state index contributed by atoms with van der Waals surface area (Å²) in [5.41, 5.74) is -0.639. The minimum atomic E-state index is -4.88. The van der Waals surface area contributed by atoms with Crippen molar-refractivity contribution in [1.29, 1.82) is 0 Å². The zero-order valence-electron chi connectivity index (χ0n) is 10.4. The van der Waals surface area contributed by atoms with Gasteiger partial charge in [0.25, 0.3) is 0 Å². The predicted molar refractivity (Wildman–Crippen MR) is 63.3 cm³/mol. The molecule has 0 bridgehead atoms. The number of carboxylic acids is 1. The molecule has 4 nitrogen and oxygen atoms in total. The van der Waals surface area contributed by atoms with Crippen molar-refractivity contribution in [3.05, 3.63) is 34.9 Å². The van der Waals surface area contributed by atoms with Gasteiger partial charge < -0.3 is 14.9 Å². The Bertz CT molecular complexity index is 590. The SMILES string of the molecule is Cc1cccc2c1OC(C(F)(F)F)C(C(=O)O)=C2CO. The number of aliphatic hydroxyl groups excluding tert-OH is 1. The number of aliphatic carboxylic acids is 1. The van der Waals surface area contributed by atoms with Crippen molar-refractivity contribution in [1.82, 2.24) is 0 Å². The number of aryl methyl sites for hydroxylation is 1. The minimum absolute atomic E-state index is 0.0520. The minimum Gasteiger partial charge on any atom is -0.478 e. The maximum absolute atomic E-state index is 13.0. The number of hydrogen-bond acceptors (Lipinski definition) is 3. The van der Waals surface area contributed by atoms with Gasteiger partial charge in [-0.05, 0) is 12.5 Å². The first-order valence-electron chi connectivity index (χ1n) is 5.68. The fraction of sp³-hybridized carbons (Fsp3) is 0.308. The predicted octanol–water partition coefficient (Wildman–Crippen LogP) is 2.15. The van der Waals surface area contributed by atoms with Crippen LogP contribution in [0.25, 0.3) is 5.57 Å². The molecule has 108 valence electrons. The molecule has 1 aliphatic rings. The molecule has 7 heteroatoms. The van der Waals surface area contributed by atoms with Gasteiger partial charge in [0.05, 0.1) is 12.2 Å². The Kier molecular flexibility index (Phi) is 3.47. The molecule has 1 aliphatic heterocycles. The van der Waals surface area contributed by atoms with E-state index in [1.807, 2.05) is 0 Å².